The molecule has 2 aromatic carbocycles. The molecule has 4 heteroatoms. The number of carboxylic acids is 1. The number of para-hydroxylation sites is 1. The predicted octanol–water partition coefficient (Wildman–Crippen LogP) is 4.74. The summed E-state index contributed by atoms with van der Waals surface area (Å²) in [5.41, 5.74) is 2.29. The van der Waals surface area contributed by atoms with Crippen LogP contribution in [0.15, 0.2) is 42.5 Å². The number of benzene rings is 2. The molecule has 0 saturated heterocycles. The number of halogens is 1. The Labute approximate surface area is 129 Å². The van der Waals surface area contributed by atoms with Gasteiger partial charge < -0.3 is 9.84 Å². The van der Waals surface area contributed by atoms with Crippen molar-refractivity contribution >= 4 is 17.6 Å². The molecule has 0 aliphatic rings. The van der Waals surface area contributed by atoms with E-state index in [9.17, 15) is 4.79 Å². The molecule has 2 aromatic rings. The van der Waals surface area contributed by atoms with E-state index in [0.29, 0.717) is 10.9 Å². The number of aromatic carboxylic acids is 1. The highest BCUT2D eigenvalue weighted by Gasteiger charge is 2.14. The number of carboxylic acid groups (broad SMARTS) is 1. The van der Waals surface area contributed by atoms with Gasteiger partial charge in [0.15, 0.2) is 5.75 Å². The number of hydrogen-bond donors (Lipinski definition) is 1. The highest BCUT2D eigenvalue weighted by Crippen LogP contribution is 2.29. The van der Waals surface area contributed by atoms with E-state index in [-0.39, 0.29) is 17.9 Å². The summed E-state index contributed by atoms with van der Waals surface area (Å²) in [7, 11) is 0. The smallest absolute Gasteiger partial charge is 0.339 e. The Balaban J connectivity index is 2.15. The number of ether oxygens (including phenoxy) is 1. The average molecular weight is 305 g/mol. The number of rotatable bonds is 5. The Morgan fingerprint density at radius 2 is 1.86 bits per heavy atom. The second-order valence-corrected chi connectivity index (χ2v) is 5.51. The van der Waals surface area contributed by atoms with Crippen molar-refractivity contribution in [2.45, 2.75) is 26.4 Å². The van der Waals surface area contributed by atoms with Crippen LogP contribution in [0.3, 0.4) is 0 Å². The lowest BCUT2D eigenvalue weighted by molar-refractivity contribution is 0.0691. The van der Waals surface area contributed by atoms with E-state index in [1.165, 1.54) is 11.6 Å². The van der Waals surface area contributed by atoms with Gasteiger partial charge in [0.1, 0.15) is 12.2 Å². The van der Waals surface area contributed by atoms with Gasteiger partial charge in [0.25, 0.3) is 0 Å². The molecule has 0 heterocycles. The van der Waals surface area contributed by atoms with Gasteiger partial charge in [0.2, 0.25) is 0 Å². The molecule has 0 fully saturated rings. The van der Waals surface area contributed by atoms with Crippen LogP contribution in [-0.2, 0) is 6.61 Å². The van der Waals surface area contributed by atoms with Crippen molar-refractivity contribution in [3.05, 3.63) is 64.2 Å². The second kappa shape index (κ2) is 6.64. The minimum atomic E-state index is -1.05. The van der Waals surface area contributed by atoms with Gasteiger partial charge in [-0.3, -0.25) is 0 Å². The highest BCUT2D eigenvalue weighted by molar-refractivity contribution is 6.32. The molecule has 0 aromatic heterocycles. The van der Waals surface area contributed by atoms with Crippen molar-refractivity contribution in [1.82, 2.24) is 0 Å². The summed E-state index contributed by atoms with van der Waals surface area (Å²) in [6.45, 7) is 4.55. The maximum Gasteiger partial charge on any atom is 0.339 e. The van der Waals surface area contributed by atoms with Crippen LogP contribution in [0.25, 0.3) is 0 Å². The van der Waals surface area contributed by atoms with Gasteiger partial charge in [-0.15, -0.1) is 0 Å². The van der Waals surface area contributed by atoms with Gasteiger partial charge in [-0.25, -0.2) is 4.79 Å². The largest absolute Gasteiger partial charge is 0.486 e. The number of carbonyl (C=O) groups is 1. The summed E-state index contributed by atoms with van der Waals surface area (Å²) in [4.78, 5) is 11.2. The molecule has 3 nitrogen and oxygen atoms in total. The fraction of sp³-hybridized carbons (Fsp3) is 0.235. The van der Waals surface area contributed by atoms with Gasteiger partial charge in [-0.1, -0.05) is 55.8 Å². The standard InChI is InChI=1S/C17H17ClO3/c1-11(2)13-8-6-12(7-9-13)10-21-16-14(17(19)20)4-3-5-15(16)18/h3-9,11H,10H2,1-2H3,(H,19,20). The molecule has 0 spiro atoms. The monoisotopic (exact) mass is 304 g/mol. The van der Waals surface area contributed by atoms with Crippen LogP contribution in [0, 0.1) is 0 Å². The molecule has 0 aliphatic carbocycles. The molecule has 21 heavy (non-hydrogen) atoms. The van der Waals surface area contributed by atoms with Crippen molar-refractivity contribution in [1.29, 1.82) is 0 Å². The summed E-state index contributed by atoms with van der Waals surface area (Å²) >= 11 is 6.02. The molecule has 0 unspecified atom stereocenters. The van der Waals surface area contributed by atoms with Crippen molar-refractivity contribution in [2.75, 3.05) is 0 Å². The zero-order chi connectivity index (χ0) is 15.4. The summed E-state index contributed by atoms with van der Waals surface area (Å²) < 4.78 is 5.60. The molecule has 0 amide bonds. The van der Waals surface area contributed by atoms with Crippen molar-refractivity contribution in [3.8, 4) is 5.75 Å². The first-order chi connectivity index (χ1) is 9.99. The lowest BCUT2D eigenvalue weighted by atomic mass is 10.0. The van der Waals surface area contributed by atoms with E-state index in [0.717, 1.165) is 5.56 Å². The van der Waals surface area contributed by atoms with E-state index in [1.807, 2.05) is 24.3 Å². The first-order valence-corrected chi connectivity index (χ1v) is 7.10. The third-order valence-electron chi connectivity index (χ3n) is 3.23. The Morgan fingerprint density at radius 1 is 1.19 bits per heavy atom. The fourth-order valence-electron chi connectivity index (χ4n) is 1.98. The lowest BCUT2D eigenvalue weighted by Gasteiger charge is -2.12. The van der Waals surface area contributed by atoms with E-state index in [4.69, 9.17) is 21.4 Å². The van der Waals surface area contributed by atoms with Gasteiger partial charge in [-0.05, 0) is 29.2 Å². The molecule has 0 saturated carbocycles. The zero-order valence-corrected chi connectivity index (χ0v) is 12.7. The van der Waals surface area contributed by atoms with Gasteiger partial charge in [0.05, 0.1) is 5.02 Å². The Morgan fingerprint density at radius 3 is 2.43 bits per heavy atom. The topological polar surface area (TPSA) is 46.5 Å². The summed E-state index contributed by atoms with van der Waals surface area (Å²) in [6, 6.07) is 12.7. The molecule has 110 valence electrons. The summed E-state index contributed by atoms with van der Waals surface area (Å²) in [5.74, 6) is -0.371. The first-order valence-electron chi connectivity index (χ1n) is 6.72. The third-order valence-corrected chi connectivity index (χ3v) is 3.52. The molecule has 1 N–H and O–H groups in total. The van der Waals surface area contributed by atoms with Crippen LogP contribution in [-0.4, -0.2) is 11.1 Å². The van der Waals surface area contributed by atoms with Crippen LogP contribution in [0.2, 0.25) is 5.02 Å². The van der Waals surface area contributed by atoms with Crippen LogP contribution in [0.4, 0.5) is 0 Å². The van der Waals surface area contributed by atoms with E-state index in [2.05, 4.69) is 13.8 Å². The van der Waals surface area contributed by atoms with E-state index >= 15 is 0 Å². The molecule has 0 aliphatic heterocycles. The fourth-order valence-corrected chi connectivity index (χ4v) is 2.21. The zero-order valence-electron chi connectivity index (χ0n) is 12.0. The Kier molecular flexibility index (Phi) is 4.86. The van der Waals surface area contributed by atoms with Crippen LogP contribution in [0.1, 0.15) is 41.3 Å². The minimum Gasteiger partial charge on any atom is -0.486 e. The van der Waals surface area contributed by atoms with Gasteiger partial charge >= 0.3 is 5.97 Å². The second-order valence-electron chi connectivity index (χ2n) is 5.11. The average Bonchev–Trinajstić information content (AvgIpc) is 2.46. The quantitative estimate of drug-likeness (QED) is 0.867. The van der Waals surface area contributed by atoms with Gasteiger partial charge in [-0.2, -0.15) is 0 Å². The third kappa shape index (κ3) is 3.76. The first kappa shape index (κ1) is 15.4. The highest BCUT2D eigenvalue weighted by atomic mass is 35.5. The number of hydrogen-bond acceptors (Lipinski definition) is 2. The van der Waals surface area contributed by atoms with Crippen LogP contribution >= 0.6 is 11.6 Å². The van der Waals surface area contributed by atoms with Gasteiger partial charge in [0, 0.05) is 0 Å². The maximum absolute atomic E-state index is 11.2. The molecule has 0 radical (unpaired) electrons. The van der Waals surface area contributed by atoms with Crippen molar-refractivity contribution in [2.24, 2.45) is 0 Å². The summed E-state index contributed by atoms with van der Waals surface area (Å²) in [5, 5.41) is 9.45. The van der Waals surface area contributed by atoms with Crippen LogP contribution < -0.4 is 4.74 Å². The summed E-state index contributed by atoms with van der Waals surface area (Å²) in [6.07, 6.45) is 0. The van der Waals surface area contributed by atoms with E-state index in [1.54, 1.807) is 12.1 Å². The predicted molar refractivity (Wildman–Crippen MR) is 83.3 cm³/mol. The molecule has 2 rings (SSSR count). The Hall–Kier alpha value is -2.00. The minimum absolute atomic E-state index is 0.0706. The molecule has 0 bridgehead atoms. The van der Waals surface area contributed by atoms with Crippen LogP contribution in [0.5, 0.6) is 5.75 Å². The normalized spacial score (nSPS) is 10.7. The SMILES string of the molecule is CC(C)c1ccc(COc2c(Cl)cccc2C(=O)O)cc1. The molecular weight excluding hydrogens is 288 g/mol. The molecular formula is C17H17ClO3. The van der Waals surface area contributed by atoms with E-state index < -0.39 is 5.97 Å². The van der Waals surface area contributed by atoms with Crippen molar-refractivity contribution < 1.29 is 14.6 Å². The molecule has 0 atom stereocenters. The Bertz CT molecular complexity index is 633. The maximum atomic E-state index is 11.2. The van der Waals surface area contributed by atoms with Crippen molar-refractivity contribution in [3.63, 3.8) is 0 Å². The lowest BCUT2D eigenvalue weighted by Crippen LogP contribution is -2.04.